The van der Waals surface area contributed by atoms with Gasteiger partial charge in [-0.2, -0.15) is 0 Å². The lowest BCUT2D eigenvalue weighted by Crippen LogP contribution is -3.15. The van der Waals surface area contributed by atoms with Crippen molar-refractivity contribution in [3.63, 3.8) is 0 Å². The molecule has 0 aliphatic carbocycles. The summed E-state index contributed by atoms with van der Waals surface area (Å²) in [5, 5.41) is 2.45. The molecule has 1 aliphatic rings. The van der Waals surface area contributed by atoms with E-state index in [4.69, 9.17) is 4.74 Å². The van der Waals surface area contributed by atoms with Crippen molar-refractivity contribution in [2.45, 2.75) is 46.2 Å². The van der Waals surface area contributed by atoms with Crippen LogP contribution in [-0.2, 0) is 6.54 Å². The first-order valence-electron chi connectivity index (χ1n) is 8.22. The van der Waals surface area contributed by atoms with Crippen LogP contribution in [0.1, 0.15) is 50.8 Å². The van der Waals surface area contributed by atoms with E-state index in [1.54, 1.807) is 4.90 Å². The monoisotopic (exact) mass is 278 g/mol. The van der Waals surface area contributed by atoms with Gasteiger partial charge in [0.15, 0.2) is 6.04 Å². The molecule has 0 unspecified atom stereocenters. The zero-order chi connectivity index (χ0) is 14.4. The van der Waals surface area contributed by atoms with Gasteiger partial charge in [0.1, 0.15) is 18.8 Å². The molecule has 0 spiro atoms. The van der Waals surface area contributed by atoms with Gasteiger partial charge in [0.25, 0.3) is 0 Å². The Morgan fingerprint density at radius 1 is 1.20 bits per heavy atom. The molecule has 0 saturated heterocycles. The van der Waals surface area contributed by atoms with E-state index in [2.05, 4.69) is 44.3 Å². The molecule has 3 nitrogen and oxygen atoms in total. The van der Waals surface area contributed by atoms with Gasteiger partial charge in [0, 0.05) is 5.56 Å². The van der Waals surface area contributed by atoms with Crippen molar-refractivity contribution in [1.29, 1.82) is 0 Å². The molecule has 112 valence electrons. The van der Waals surface area contributed by atoms with Crippen LogP contribution in [0.3, 0.4) is 0 Å². The van der Waals surface area contributed by atoms with E-state index in [1.807, 2.05) is 0 Å². The molecule has 3 N–H and O–H groups in total. The van der Waals surface area contributed by atoms with Crippen LogP contribution >= 0.6 is 0 Å². The molecule has 0 radical (unpaired) electrons. The van der Waals surface area contributed by atoms with Crippen molar-refractivity contribution in [1.82, 2.24) is 0 Å². The first-order chi connectivity index (χ1) is 9.81. The van der Waals surface area contributed by atoms with Crippen LogP contribution in [0.2, 0.25) is 0 Å². The first-order valence-corrected chi connectivity index (χ1v) is 8.22. The van der Waals surface area contributed by atoms with Crippen LogP contribution in [0.5, 0.6) is 5.75 Å². The molecule has 3 heteroatoms. The van der Waals surface area contributed by atoms with Gasteiger partial charge >= 0.3 is 0 Å². The molecule has 0 saturated carbocycles. The van der Waals surface area contributed by atoms with Crippen molar-refractivity contribution in [2.24, 2.45) is 0 Å². The Bertz CT molecular complexity index is 413. The number of hydrogen-bond acceptors (Lipinski definition) is 1. The summed E-state index contributed by atoms with van der Waals surface area (Å²) in [6.07, 6.45) is 2.50. The first kappa shape index (κ1) is 15.3. The summed E-state index contributed by atoms with van der Waals surface area (Å²) in [5.41, 5.74) is 2.95. The van der Waals surface area contributed by atoms with Gasteiger partial charge < -0.3 is 15.0 Å². The third-order valence-corrected chi connectivity index (χ3v) is 4.21. The molecule has 0 bridgehead atoms. The number of fused-ring (bicyclic) bond motifs is 1. The smallest absolute Gasteiger partial charge is 0.167 e. The fourth-order valence-corrected chi connectivity index (χ4v) is 3.45. The van der Waals surface area contributed by atoms with E-state index in [9.17, 15) is 0 Å². The highest BCUT2D eigenvalue weighted by Gasteiger charge is 2.33. The Labute approximate surface area is 123 Å². The minimum Gasteiger partial charge on any atom is -0.493 e. The van der Waals surface area contributed by atoms with Crippen LogP contribution in [-0.4, -0.2) is 26.2 Å². The maximum atomic E-state index is 5.91. The summed E-state index contributed by atoms with van der Waals surface area (Å²) in [6, 6.07) is 7.15. The van der Waals surface area contributed by atoms with Gasteiger partial charge in [0.2, 0.25) is 0 Å². The van der Waals surface area contributed by atoms with Gasteiger partial charge in [-0.15, -0.1) is 0 Å². The van der Waals surface area contributed by atoms with Crippen molar-refractivity contribution >= 4 is 0 Å². The predicted molar refractivity (Wildman–Crippen MR) is 82.1 cm³/mol. The van der Waals surface area contributed by atoms with Crippen LogP contribution in [0.4, 0.5) is 0 Å². The molecule has 1 aromatic rings. The summed E-state index contributed by atoms with van der Waals surface area (Å²) in [4.78, 5) is 1.72. The Hall–Kier alpha value is -1.06. The molecular weight excluding hydrogens is 248 g/mol. The molecule has 1 heterocycles. The Balaban J connectivity index is 2.33. The number of quaternary nitrogens is 2. The van der Waals surface area contributed by atoms with Gasteiger partial charge in [-0.1, -0.05) is 26.0 Å². The lowest BCUT2D eigenvalue weighted by molar-refractivity contribution is -0.948. The molecule has 0 amide bonds. The molecule has 20 heavy (non-hydrogen) atoms. The minimum atomic E-state index is 0.585. The molecule has 0 aromatic heterocycles. The van der Waals surface area contributed by atoms with Gasteiger partial charge in [-0.05, 0) is 25.8 Å². The normalized spacial score (nSPS) is 18.1. The number of benzene rings is 1. The SMILES string of the molecule is CCC[NH+](CCC)[C@@H]1C[NH2+]Cc2cccc(OCC)c21. The Kier molecular flexibility index (Phi) is 5.86. The van der Waals surface area contributed by atoms with Gasteiger partial charge in [-0.25, -0.2) is 0 Å². The fraction of sp³-hybridized carbons (Fsp3) is 0.647. The fourth-order valence-electron chi connectivity index (χ4n) is 3.45. The topological polar surface area (TPSA) is 30.3 Å². The van der Waals surface area contributed by atoms with Crippen LogP contribution in [0, 0.1) is 0 Å². The van der Waals surface area contributed by atoms with E-state index in [-0.39, 0.29) is 0 Å². The van der Waals surface area contributed by atoms with Crippen molar-refractivity contribution in [3.05, 3.63) is 29.3 Å². The third kappa shape index (κ3) is 3.33. The Morgan fingerprint density at radius 3 is 2.60 bits per heavy atom. The largest absolute Gasteiger partial charge is 0.493 e. The van der Waals surface area contributed by atoms with Crippen molar-refractivity contribution in [2.75, 3.05) is 26.2 Å². The molecular formula is C17H30N2O+2. The maximum absolute atomic E-state index is 5.91. The summed E-state index contributed by atoms with van der Waals surface area (Å²) in [6.45, 7) is 12.2. The quantitative estimate of drug-likeness (QED) is 0.763. The zero-order valence-electron chi connectivity index (χ0n) is 13.2. The molecule has 2 rings (SSSR count). The van der Waals surface area contributed by atoms with Gasteiger partial charge in [0.05, 0.1) is 25.3 Å². The average molecular weight is 278 g/mol. The third-order valence-electron chi connectivity index (χ3n) is 4.21. The predicted octanol–water partition coefficient (Wildman–Crippen LogP) is 0.908. The summed E-state index contributed by atoms with van der Waals surface area (Å²) in [5.74, 6) is 1.12. The van der Waals surface area contributed by atoms with Crippen LogP contribution in [0.15, 0.2) is 18.2 Å². The van der Waals surface area contributed by atoms with Crippen LogP contribution < -0.4 is 15.0 Å². The second kappa shape index (κ2) is 7.65. The van der Waals surface area contributed by atoms with E-state index >= 15 is 0 Å². The highest BCUT2D eigenvalue weighted by atomic mass is 16.5. The van der Waals surface area contributed by atoms with E-state index in [0.29, 0.717) is 6.04 Å². The van der Waals surface area contributed by atoms with Crippen molar-refractivity contribution < 1.29 is 15.0 Å². The number of nitrogens with one attached hydrogen (secondary N) is 1. The number of nitrogens with two attached hydrogens (primary N) is 1. The number of hydrogen-bond donors (Lipinski definition) is 2. The van der Waals surface area contributed by atoms with E-state index in [0.717, 1.165) is 18.9 Å². The molecule has 0 fully saturated rings. The lowest BCUT2D eigenvalue weighted by atomic mass is 9.94. The number of rotatable bonds is 7. The van der Waals surface area contributed by atoms with Gasteiger partial charge in [-0.3, -0.25) is 0 Å². The number of ether oxygens (including phenoxy) is 1. The lowest BCUT2D eigenvalue weighted by Gasteiger charge is -2.32. The maximum Gasteiger partial charge on any atom is 0.167 e. The average Bonchev–Trinajstić information content (AvgIpc) is 2.47. The second-order valence-corrected chi connectivity index (χ2v) is 5.70. The highest BCUT2D eigenvalue weighted by Crippen LogP contribution is 2.28. The molecule has 1 aromatic carbocycles. The van der Waals surface area contributed by atoms with E-state index < -0.39 is 0 Å². The standard InChI is InChI=1S/C17H28N2O/c1-4-10-19(11-5-2)15-13-18-12-14-8-7-9-16(17(14)15)20-6-3/h7-9,15,18H,4-6,10-13H2,1-3H3/p+2/t15-/m1/s1. The molecule has 1 atom stereocenters. The summed E-state index contributed by atoms with van der Waals surface area (Å²) in [7, 11) is 0. The van der Waals surface area contributed by atoms with Crippen LogP contribution in [0.25, 0.3) is 0 Å². The highest BCUT2D eigenvalue weighted by molar-refractivity contribution is 5.42. The zero-order valence-corrected chi connectivity index (χ0v) is 13.2. The molecule has 1 aliphatic heterocycles. The Morgan fingerprint density at radius 2 is 1.95 bits per heavy atom. The van der Waals surface area contributed by atoms with E-state index in [1.165, 1.54) is 43.6 Å². The summed E-state index contributed by atoms with van der Waals surface area (Å²) >= 11 is 0. The second-order valence-electron chi connectivity index (χ2n) is 5.70. The van der Waals surface area contributed by atoms with Crippen molar-refractivity contribution in [3.8, 4) is 5.75 Å². The minimum absolute atomic E-state index is 0.585. The summed E-state index contributed by atoms with van der Waals surface area (Å²) < 4.78 is 5.91.